The van der Waals surface area contributed by atoms with E-state index in [1.807, 2.05) is 0 Å². The molecule has 96 valence electrons. The molecule has 7 heteroatoms. The number of hydrogen-bond acceptors (Lipinski definition) is 3. The third-order valence-electron chi connectivity index (χ3n) is 2.25. The standard InChI is InChI=1S/C11H9BrClNO3S/c12-10-5-9(1-2-11(10)13)18(15,16)14-6-8-3-4-17-7-8/h1-5,7,14H,6H2. The summed E-state index contributed by atoms with van der Waals surface area (Å²) in [4.78, 5) is 0.155. The molecule has 0 atom stereocenters. The van der Waals surface area contributed by atoms with Gasteiger partial charge in [-0.1, -0.05) is 11.6 Å². The van der Waals surface area contributed by atoms with Gasteiger partial charge in [-0.05, 0) is 40.2 Å². The lowest BCUT2D eigenvalue weighted by atomic mass is 10.4. The van der Waals surface area contributed by atoms with Crippen LogP contribution < -0.4 is 4.72 Å². The number of nitrogens with one attached hydrogen (secondary N) is 1. The van der Waals surface area contributed by atoms with E-state index in [0.29, 0.717) is 9.50 Å². The van der Waals surface area contributed by atoms with Crippen molar-refractivity contribution < 1.29 is 12.8 Å². The Hall–Kier alpha value is -0.820. The fourth-order valence-electron chi connectivity index (χ4n) is 1.30. The second kappa shape index (κ2) is 5.44. The first-order chi connectivity index (χ1) is 8.49. The van der Waals surface area contributed by atoms with Gasteiger partial charge in [0.2, 0.25) is 10.0 Å². The second-order valence-corrected chi connectivity index (χ2v) is 6.56. The zero-order chi connectivity index (χ0) is 13.2. The Kier molecular flexibility index (Phi) is 4.11. The van der Waals surface area contributed by atoms with E-state index in [2.05, 4.69) is 20.7 Å². The van der Waals surface area contributed by atoms with Crippen molar-refractivity contribution in [1.29, 1.82) is 0 Å². The van der Waals surface area contributed by atoms with E-state index in [9.17, 15) is 8.42 Å². The summed E-state index contributed by atoms with van der Waals surface area (Å²) in [7, 11) is -3.56. The Balaban J connectivity index is 2.17. The molecule has 0 aliphatic heterocycles. The predicted molar refractivity (Wildman–Crippen MR) is 71.9 cm³/mol. The van der Waals surface area contributed by atoms with Crippen molar-refractivity contribution in [2.24, 2.45) is 0 Å². The molecular weight excluding hydrogens is 342 g/mol. The van der Waals surface area contributed by atoms with E-state index in [-0.39, 0.29) is 11.4 Å². The highest BCUT2D eigenvalue weighted by Crippen LogP contribution is 2.25. The number of rotatable bonds is 4. The largest absolute Gasteiger partial charge is 0.472 e. The van der Waals surface area contributed by atoms with Crippen LogP contribution in [0.4, 0.5) is 0 Å². The van der Waals surface area contributed by atoms with Gasteiger partial charge in [0, 0.05) is 16.6 Å². The van der Waals surface area contributed by atoms with Gasteiger partial charge in [-0.15, -0.1) is 0 Å². The maximum absolute atomic E-state index is 12.0. The van der Waals surface area contributed by atoms with Crippen LogP contribution in [0, 0.1) is 0 Å². The van der Waals surface area contributed by atoms with Crippen molar-refractivity contribution in [3.8, 4) is 0 Å². The Morgan fingerprint density at radius 2 is 2.11 bits per heavy atom. The van der Waals surface area contributed by atoms with Gasteiger partial charge in [-0.3, -0.25) is 0 Å². The lowest BCUT2D eigenvalue weighted by Gasteiger charge is -2.06. The van der Waals surface area contributed by atoms with Crippen LogP contribution in [-0.2, 0) is 16.6 Å². The molecule has 0 fully saturated rings. The lowest BCUT2D eigenvalue weighted by molar-refractivity contribution is 0.561. The van der Waals surface area contributed by atoms with Crippen molar-refractivity contribution in [2.75, 3.05) is 0 Å². The van der Waals surface area contributed by atoms with Crippen molar-refractivity contribution in [3.63, 3.8) is 0 Å². The fourth-order valence-corrected chi connectivity index (χ4v) is 2.99. The minimum absolute atomic E-state index is 0.155. The van der Waals surface area contributed by atoms with Crippen LogP contribution in [0.2, 0.25) is 5.02 Å². The van der Waals surface area contributed by atoms with Gasteiger partial charge in [-0.2, -0.15) is 0 Å². The van der Waals surface area contributed by atoms with Gasteiger partial charge in [-0.25, -0.2) is 13.1 Å². The van der Waals surface area contributed by atoms with Crippen molar-refractivity contribution >= 4 is 37.6 Å². The summed E-state index contributed by atoms with van der Waals surface area (Å²) in [5, 5.41) is 0.462. The molecule has 0 bridgehead atoms. The first kappa shape index (κ1) is 13.6. The molecule has 18 heavy (non-hydrogen) atoms. The number of hydrogen-bond donors (Lipinski definition) is 1. The molecule has 2 rings (SSSR count). The summed E-state index contributed by atoms with van der Waals surface area (Å²) in [6.45, 7) is 0.180. The van der Waals surface area contributed by atoms with Gasteiger partial charge < -0.3 is 4.42 Å². The maximum Gasteiger partial charge on any atom is 0.240 e. The van der Waals surface area contributed by atoms with Gasteiger partial charge in [0.15, 0.2) is 0 Å². The Morgan fingerprint density at radius 3 is 2.72 bits per heavy atom. The van der Waals surface area contributed by atoms with Crippen LogP contribution >= 0.6 is 27.5 Å². The molecule has 4 nitrogen and oxygen atoms in total. The van der Waals surface area contributed by atoms with E-state index < -0.39 is 10.0 Å². The maximum atomic E-state index is 12.0. The van der Waals surface area contributed by atoms with E-state index in [1.165, 1.54) is 30.7 Å². The SMILES string of the molecule is O=S(=O)(NCc1ccoc1)c1ccc(Cl)c(Br)c1. The molecule has 0 radical (unpaired) electrons. The molecule has 1 N–H and O–H groups in total. The third-order valence-corrected chi connectivity index (χ3v) is 4.86. The molecule has 0 saturated carbocycles. The summed E-state index contributed by atoms with van der Waals surface area (Å²) in [5.74, 6) is 0. The van der Waals surface area contributed by atoms with Crippen LogP contribution in [-0.4, -0.2) is 8.42 Å². The zero-order valence-electron chi connectivity index (χ0n) is 9.06. The monoisotopic (exact) mass is 349 g/mol. The Morgan fingerprint density at radius 1 is 1.33 bits per heavy atom. The molecule has 0 saturated heterocycles. The first-order valence-electron chi connectivity index (χ1n) is 4.95. The molecular formula is C11H9BrClNO3S. The highest BCUT2D eigenvalue weighted by molar-refractivity contribution is 9.10. The summed E-state index contributed by atoms with van der Waals surface area (Å²) in [6.07, 6.45) is 2.98. The quantitative estimate of drug-likeness (QED) is 0.921. The molecule has 1 aromatic heterocycles. The van der Waals surface area contributed by atoms with Crippen LogP contribution in [0.15, 0.2) is 50.6 Å². The van der Waals surface area contributed by atoms with Crippen LogP contribution in [0.25, 0.3) is 0 Å². The number of sulfonamides is 1. The van der Waals surface area contributed by atoms with Crippen molar-refractivity contribution in [2.45, 2.75) is 11.4 Å². The topological polar surface area (TPSA) is 59.3 Å². The Bertz CT molecular complexity index is 640. The van der Waals surface area contributed by atoms with Gasteiger partial charge >= 0.3 is 0 Å². The molecule has 0 aliphatic carbocycles. The number of halogens is 2. The minimum atomic E-state index is -3.56. The van der Waals surface area contributed by atoms with Crippen molar-refractivity contribution in [1.82, 2.24) is 4.72 Å². The average Bonchev–Trinajstić information content (AvgIpc) is 2.83. The van der Waals surface area contributed by atoms with Crippen LogP contribution in [0.3, 0.4) is 0 Å². The second-order valence-electron chi connectivity index (χ2n) is 3.53. The smallest absolute Gasteiger partial charge is 0.240 e. The van der Waals surface area contributed by atoms with Gasteiger partial charge in [0.25, 0.3) is 0 Å². The Labute approximate surface area is 118 Å². The summed E-state index contributed by atoms with van der Waals surface area (Å²) < 4.78 is 31.8. The molecule has 2 aromatic rings. The number of benzene rings is 1. The van der Waals surface area contributed by atoms with E-state index >= 15 is 0 Å². The normalized spacial score (nSPS) is 11.7. The molecule has 1 aromatic carbocycles. The van der Waals surface area contributed by atoms with Crippen LogP contribution in [0.1, 0.15) is 5.56 Å². The summed E-state index contributed by atoms with van der Waals surface area (Å²) in [6, 6.07) is 6.13. The molecule has 0 unspecified atom stereocenters. The highest BCUT2D eigenvalue weighted by atomic mass is 79.9. The molecule has 0 aliphatic rings. The number of furan rings is 1. The van der Waals surface area contributed by atoms with E-state index in [1.54, 1.807) is 6.07 Å². The first-order valence-corrected chi connectivity index (χ1v) is 7.60. The van der Waals surface area contributed by atoms with Crippen LogP contribution in [0.5, 0.6) is 0 Å². The lowest BCUT2D eigenvalue weighted by Crippen LogP contribution is -2.22. The molecule has 0 spiro atoms. The van der Waals surface area contributed by atoms with Crippen molar-refractivity contribution in [3.05, 3.63) is 51.9 Å². The molecule has 1 heterocycles. The molecule has 0 amide bonds. The highest BCUT2D eigenvalue weighted by Gasteiger charge is 2.15. The predicted octanol–water partition coefficient (Wildman–Crippen LogP) is 3.17. The fraction of sp³-hybridized carbons (Fsp3) is 0.0909. The summed E-state index contributed by atoms with van der Waals surface area (Å²) >= 11 is 9.00. The third kappa shape index (κ3) is 3.14. The zero-order valence-corrected chi connectivity index (χ0v) is 12.2. The van der Waals surface area contributed by atoms with Gasteiger partial charge in [0.05, 0.1) is 22.4 Å². The van der Waals surface area contributed by atoms with E-state index in [0.717, 1.165) is 5.56 Å². The minimum Gasteiger partial charge on any atom is -0.472 e. The average molecular weight is 351 g/mol. The van der Waals surface area contributed by atoms with Gasteiger partial charge in [0.1, 0.15) is 0 Å². The van der Waals surface area contributed by atoms with E-state index in [4.69, 9.17) is 16.0 Å². The summed E-state index contributed by atoms with van der Waals surface area (Å²) in [5.41, 5.74) is 0.756.